The van der Waals surface area contributed by atoms with Crippen LogP contribution in [0.3, 0.4) is 0 Å². The second-order valence-electron chi connectivity index (χ2n) is 3.48. The first-order chi connectivity index (χ1) is 7.67. The van der Waals surface area contributed by atoms with Crippen molar-refractivity contribution in [1.29, 1.82) is 0 Å². The monoisotopic (exact) mass is 219 g/mol. The lowest BCUT2D eigenvalue weighted by Gasteiger charge is -2.07. The minimum absolute atomic E-state index is 0.0897. The number of hydrogen-bond donors (Lipinski definition) is 1. The average Bonchev–Trinajstić information content (AvgIpc) is 2.33. The van der Waals surface area contributed by atoms with E-state index < -0.39 is 0 Å². The molecule has 0 spiro atoms. The largest absolute Gasteiger partial charge is 0.497 e. The molecule has 2 rings (SSSR count). The van der Waals surface area contributed by atoms with Gasteiger partial charge in [-0.1, -0.05) is 0 Å². The predicted molar refractivity (Wildman–Crippen MR) is 61.4 cm³/mol. The van der Waals surface area contributed by atoms with Crippen molar-refractivity contribution in [1.82, 2.24) is 9.55 Å². The molecule has 0 aliphatic rings. The Morgan fingerprint density at radius 3 is 2.88 bits per heavy atom. The quantitative estimate of drug-likeness (QED) is 0.793. The van der Waals surface area contributed by atoms with E-state index in [1.807, 2.05) is 0 Å². The van der Waals surface area contributed by atoms with Crippen molar-refractivity contribution in [3.63, 3.8) is 0 Å². The van der Waals surface area contributed by atoms with Gasteiger partial charge in [-0.15, -0.1) is 0 Å². The maximum absolute atomic E-state index is 11.9. The van der Waals surface area contributed by atoms with E-state index >= 15 is 0 Å². The Balaban J connectivity index is 2.82. The van der Waals surface area contributed by atoms with Gasteiger partial charge in [0.2, 0.25) is 0 Å². The first-order valence-electron chi connectivity index (χ1n) is 4.91. The lowest BCUT2D eigenvalue weighted by Crippen LogP contribution is -2.24. The summed E-state index contributed by atoms with van der Waals surface area (Å²) in [5.41, 5.74) is 6.05. The van der Waals surface area contributed by atoms with Crippen molar-refractivity contribution in [3.8, 4) is 5.75 Å². The highest BCUT2D eigenvalue weighted by Gasteiger charge is 2.07. The molecule has 0 bridgehead atoms. The molecule has 0 amide bonds. The predicted octanol–water partition coefficient (Wildman–Crippen LogP) is 0.401. The molecule has 2 aromatic rings. The molecule has 0 fully saturated rings. The van der Waals surface area contributed by atoms with E-state index in [-0.39, 0.29) is 12.1 Å². The maximum atomic E-state index is 11.9. The van der Waals surface area contributed by atoms with Crippen LogP contribution < -0.4 is 16.0 Å². The average molecular weight is 219 g/mol. The summed E-state index contributed by atoms with van der Waals surface area (Å²) < 4.78 is 6.55. The number of aromatic nitrogens is 2. The van der Waals surface area contributed by atoms with Gasteiger partial charge in [-0.3, -0.25) is 9.36 Å². The number of ether oxygens (including phenoxy) is 1. The van der Waals surface area contributed by atoms with Gasteiger partial charge in [0.15, 0.2) is 0 Å². The van der Waals surface area contributed by atoms with Gasteiger partial charge in [0.25, 0.3) is 5.56 Å². The van der Waals surface area contributed by atoms with Crippen LogP contribution in [0.15, 0.2) is 23.0 Å². The van der Waals surface area contributed by atoms with Crippen LogP contribution in [0, 0.1) is 0 Å². The molecule has 1 aromatic carbocycles. The van der Waals surface area contributed by atoms with Crippen LogP contribution in [0.4, 0.5) is 0 Å². The second kappa shape index (κ2) is 3.94. The number of benzene rings is 1. The van der Waals surface area contributed by atoms with Gasteiger partial charge in [0, 0.05) is 13.1 Å². The lowest BCUT2D eigenvalue weighted by molar-refractivity contribution is 0.415. The molecule has 1 heterocycles. The molecule has 84 valence electrons. The normalized spacial score (nSPS) is 10.7. The molecule has 0 radical (unpaired) electrons. The van der Waals surface area contributed by atoms with Gasteiger partial charge in [-0.2, -0.15) is 0 Å². The Labute approximate surface area is 92.5 Å². The molecule has 2 N–H and O–H groups in total. The van der Waals surface area contributed by atoms with E-state index in [9.17, 15) is 4.79 Å². The van der Waals surface area contributed by atoms with Crippen molar-refractivity contribution >= 4 is 10.9 Å². The van der Waals surface area contributed by atoms with Crippen LogP contribution in [-0.2, 0) is 13.6 Å². The van der Waals surface area contributed by atoms with E-state index in [1.165, 1.54) is 4.57 Å². The van der Waals surface area contributed by atoms with Gasteiger partial charge < -0.3 is 10.5 Å². The number of rotatable bonds is 2. The summed E-state index contributed by atoms with van der Waals surface area (Å²) in [6, 6.07) is 5.19. The van der Waals surface area contributed by atoms with E-state index in [4.69, 9.17) is 10.5 Å². The highest BCUT2D eigenvalue weighted by molar-refractivity contribution is 5.79. The van der Waals surface area contributed by atoms with Crippen LogP contribution in [0.1, 0.15) is 5.82 Å². The zero-order chi connectivity index (χ0) is 11.7. The Kier molecular flexibility index (Phi) is 2.62. The third-order valence-electron chi connectivity index (χ3n) is 2.56. The Hall–Kier alpha value is -1.88. The summed E-state index contributed by atoms with van der Waals surface area (Å²) in [5, 5.41) is 0.570. The Morgan fingerprint density at radius 1 is 1.50 bits per heavy atom. The van der Waals surface area contributed by atoms with Gasteiger partial charge >= 0.3 is 0 Å². The van der Waals surface area contributed by atoms with Crippen LogP contribution in [0.25, 0.3) is 10.9 Å². The van der Waals surface area contributed by atoms with Crippen molar-refractivity contribution in [3.05, 3.63) is 34.4 Å². The summed E-state index contributed by atoms with van der Waals surface area (Å²) in [7, 11) is 3.24. The van der Waals surface area contributed by atoms with Crippen LogP contribution >= 0.6 is 0 Å². The molecule has 0 saturated heterocycles. The number of methoxy groups -OCH3 is 1. The SMILES string of the molecule is COc1ccc2c(=O)n(C)c(CN)nc2c1. The molecule has 0 aliphatic heterocycles. The van der Waals surface area contributed by atoms with Gasteiger partial charge in [0.1, 0.15) is 11.6 Å². The molecule has 0 unspecified atom stereocenters. The molecule has 0 aliphatic carbocycles. The fraction of sp³-hybridized carbons (Fsp3) is 0.273. The molecular weight excluding hydrogens is 206 g/mol. The number of fused-ring (bicyclic) bond motifs is 1. The van der Waals surface area contributed by atoms with Crippen molar-refractivity contribution in [2.24, 2.45) is 12.8 Å². The van der Waals surface area contributed by atoms with Crippen molar-refractivity contribution in [2.75, 3.05) is 7.11 Å². The van der Waals surface area contributed by atoms with Crippen LogP contribution in [0.5, 0.6) is 5.75 Å². The minimum Gasteiger partial charge on any atom is -0.497 e. The maximum Gasteiger partial charge on any atom is 0.261 e. The zero-order valence-corrected chi connectivity index (χ0v) is 9.23. The summed E-state index contributed by atoms with van der Waals surface area (Å²) in [6.45, 7) is 0.235. The van der Waals surface area contributed by atoms with Gasteiger partial charge in [-0.05, 0) is 12.1 Å². The molecular formula is C11H13N3O2. The van der Waals surface area contributed by atoms with Crippen molar-refractivity contribution in [2.45, 2.75) is 6.54 Å². The highest BCUT2D eigenvalue weighted by atomic mass is 16.5. The number of hydrogen-bond acceptors (Lipinski definition) is 4. The van der Waals surface area contributed by atoms with E-state index in [1.54, 1.807) is 32.4 Å². The molecule has 1 aromatic heterocycles. The smallest absolute Gasteiger partial charge is 0.261 e. The fourth-order valence-corrected chi connectivity index (χ4v) is 1.61. The molecule has 5 nitrogen and oxygen atoms in total. The first-order valence-corrected chi connectivity index (χ1v) is 4.91. The van der Waals surface area contributed by atoms with E-state index in [0.717, 1.165) is 0 Å². The van der Waals surface area contributed by atoms with Gasteiger partial charge in [0.05, 0.1) is 24.6 Å². The Bertz CT molecular complexity index is 590. The van der Waals surface area contributed by atoms with Crippen LogP contribution in [0.2, 0.25) is 0 Å². The van der Waals surface area contributed by atoms with Gasteiger partial charge in [-0.25, -0.2) is 4.98 Å². The molecule has 16 heavy (non-hydrogen) atoms. The summed E-state index contributed by atoms with van der Waals surface area (Å²) in [5.74, 6) is 1.24. The summed E-state index contributed by atoms with van der Waals surface area (Å²) in [4.78, 5) is 16.3. The number of nitrogens with two attached hydrogens (primary N) is 1. The third kappa shape index (κ3) is 1.55. The third-order valence-corrected chi connectivity index (χ3v) is 2.56. The van der Waals surface area contributed by atoms with E-state index in [2.05, 4.69) is 4.98 Å². The molecule has 5 heteroatoms. The lowest BCUT2D eigenvalue weighted by atomic mass is 10.2. The topological polar surface area (TPSA) is 70.1 Å². The fourth-order valence-electron chi connectivity index (χ4n) is 1.61. The Morgan fingerprint density at radius 2 is 2.25 bits per heavy atom. The highest BCUT2D eigenvalue weighted by Crippen LogP contribution is 2.16. The molecule has 0 atom stereocenters. The first kappa shape index (κ1) is 10.6. The van der Waals surface area contributed by atoms with E-state index in [0.29, 0.717) is 22.5 Å². The summed E-state index contributed by atoms with van der Waals surface area (Å²) >= 11 is 0. The van der Waals surface area contributed by atoms with Crippen molar-refractivity contribution < 1.29 is 4.74 Å². The van der Waals surface area contributed by atoms with Crippen LogP contribution in [-0.4, -0.2) is 16.7 Å². The summed E-state index contributed by atoms with van der Waals surface area (Å²) in [6.07, 6.45) is 0. The second-order valence-corrected chi connectivity index (χ2v) is 3.48. The molecule has 0 saturated carbocycles. The zero-order valence-electron chi connectivity index (χ0n) is 9.23. The number of nitrogens with zero attached hydrogens (tertiary/aromatic N) is 2. The minimum atomic E-state index is -0.0897. The standard InChI is InChI=1S/C11H13N3O2/c1-14-10(6-12)13-9-5-7(16-2)3-4-8(9)11(14)15/h3-5H,6,12H2,1-2H3.